The van der Waals surface area contributed by atoms with Crippen LogP contribution in [0.15, 0.2) is 66.7 Å². The summed E-state index contributed by atoms with van der Waals surface area (Å²) in [7, 11) is 0. The molecule has 5 nitrogen and oxygen atoms in total. The molecule has 0 aromatic heterocycles. The molecule has 0 saturated heterocycles. The molecule has 0 unspecified atom stereocenters. The molecule has 0 aliphatic heterocycles. The lowest BCUT2D eigenvalue weighted by molar-refractivity contribution is 0.0697. The van der Waals surface area contributed by atoms with Crippen molar-refractivity contribution in [3.8, 4) is 11.5 Å². The maximum Gasteiger partial charge on any atom is 0.335 e. The van der Waals surface area contributed by atoms with Crippen molar-refractivity contribution in [3.63, 3.8) is 0 Å². The van der Waals surface area contributed by atoms with Crippen molar-refractivity contribution >= 4 is 17.6 Å². The molecule has 0 heterocycles. The number of aromatic carboxylic acids is 1. The molecule has 2 N–H and O–H groups in total. The minimum atomic E-state index is -0.931. The molecule has 3 aromatic carbocycles. The highest BCUT2D eigenvalue weighted by molar-refractivity contribution is 6.31. The van der Waals surface area contributed by atoms with Crippen molar-refractivity contribution in [3.05, 3.63) is 94.0 Å². The Balaban J connectivity index is 1.64. The summed E-state index contributed by atoms with van der Waals surface area (Å²) < 4.78 is 11.7. The zero-order valence-corrected chi connectivity index (χ0v) is 17.5. The van der Waals surface area contributed by atoms with Gasteiger partial charge in [0.25, 0.3) is 0 Å². The first-order valence-corrected chi connectivity index (χ1v) is 10.1. The predicted octanol–water partition coefficient (Wildman–Crippen LogP) is 5.31. The number of nitrogens with one attached hydrogen (secondary N) is 1. The molecule has 3 rings (SSSR count). The van der Waals surface area contributed by atoms with E-state index in [1.54, 1.807) is 30.3 Å². The van der Waals surface area contributed by atoms with Gasteiger partial charge < -0.3 is 19.9 Å². The summed E-state index contributed by atoms with van der Waals surface area (Å²) in [5, 5.41) is 12.9. The minimum Gasteiger partial charge on any atom is -0.490 e. The topological polar surface area (TPSA) is 67.8 Å². The molecule has 30 heavy (non-hydrogen) atoms. The Bertz CT molecular complexity index is 975. The van der Waals surface area contributed by atoms with Gasteiger partial charge in [-0.3, -0.25) is 0 Å². The summed E-state index contributed by atoms with van der Waals surface area (Å²) in [5.41, 5.74) is 3.23. The average molecular weight is 426 g/mol. The van der Waals surface area contributed by atoms with Gasteiger partial charge in [-0.25, -0.2) is 4.79 Å². The van der Waals surface area contributed by atoms with Crippen LogP contribution < -0.4 is 14.8 Å². The van der Waals surface area contributed by atoms with Gasteiger partial charge in [0.15, 0.2) is 11.5 Å². The van der Waals surface area contributed by atoms with E-state index in [-0.39, 0.29) is 5.56 Å². The molecule has 0 atom stereocenters. The Morgan fingerprint density at radius 3 is 2.30 bits per heavy atom. The highest BCUT2D eigenvalue weighted by atomic mass is 35.5. The van der Waals surface area contributed by atoms with E-state index in [0.29, 0.717) is 42.8 Å². The SMILES string of the molecule is CCOc1cc(CNCc2ccc(C(=O)O)cc2)c(Cl)cc1OCc1ccccc1. The highest BCUT2D eigenvalue weighted by Gasteiger charge is 2.12. The lowest BCUT2D eigenvalue weighted by Crippen LogP contribution is -2.13. The fourth-order valence-corrected chi connectivity index (χ4v) is 3.16. The smallest absolute Gasteiger partial charge is 0.335 e. The third kappa shape index (κ3) is 5.99. The van der Waals surface area contributed by atoms with Crippen LogP contribution >= 0.6 is 11.6 Å². The Morgan fingerprint density at radius 1 is 0.933 bits per heavy atom. The molecule has 0 aliphatic rings. The van der Waals surface area contributed by atoms with Gasteiger partial charge in [-0.1, -0.05) is 54.1 Å². The third-order valence-corrected chi connectivity index (χ3v) is 4.85. The molecule has 0 aliphatic carbocycles. The van der Waals surface area contributed by atoms with Crippen LogP contribution in [0, 0.1) is 0 Å². The van der Waals surface area contributed by atoms with Crippen LogP contribution in [-0.2, 0) is 19.7 Å². The zero-order valence-electron chi connectivity index (χ0n) is 16.7. The molecular weight excluding hydrogens is 402 g/mol. The normalized spacial score (nSPS) is 10.6. The lowest BCUT2D eigenvalue weighted by atomic mass is 10.1. The van der Waals surface area contributed by atoms with Gasteiger partial charge in [0, 0.05) is 24.2 Å². The fourth-order valence-electron chi connectivity index (χ4n) is 2.94. The number of rotatable bonds is 10. The summed E-state index contributed by atoms with van der Waals surface area (Å²) in [6, 6.07) is 20.4. The van der Waals surface area contributed by atoms with E-state index in [2.05, 4.69) is 5.32 Å². The van der Waals surface area contributed by atoms with E-state index in [0.717, 1.165) is 16.7 Å². The zero-order chi connectivity index (χ0) is 21.3. The van der Waals surface area contributed by atoms with Crippen LogP contribution in [0.25, 0.3) is 0 Å². The number of benzene rings is 3. The molecule has 0 radical (unpaired) electrons. The maximum atomic E-state index is 10.9. The molecular formula is C24H24ClNO4. The Morgan fingerprint density at radius 2 is 1.63 bits per heavy atom. The second-order valence-electron chi connectivity index (χ2n) is 6.70. The summed E-state index contributed by atoms with van der Waals surface area (Å²) in [4.78, 5) is 10.9. The standard InChI is InChI=1S/C24H24ClNO4/c1-2-29-22-12-20(15-26-14-17-8-10-19(11-9-17)24(27)28)21(25)13-23(22)30-16-18-6-4-3-5-7-18/h3-13,26H,2,14-16H2,1H3,(H,27,28). The first kappa shape index (κ1) is 21.7. The van der Waals surface area contributed by atoms with Gasteiger partial charge in [0.2, 0.25) is 0 Å². The largest absolute Gasteiger partial charge is 0.490 e. The van der Waals surface area contributed by atoms with Crippen LogP contribution in [0.4, 0.5) is 0 Å². The van der Waals surface area contributed by atoms with E-state index in [1.807, 2.05) is 43.3 Å². The lowest BCUT2D eigenvalue weighted by Gasteiger charge is -2.15. The highest BCUT2D eigenvalue weighted by Crippen LogP contribution is 2.34. The molecule has 3 aromatic rings. The number of hydrogen-bond acceptors (Lipinski definition) is 4. The summed E-state index contributed by atoms with van der Waals surface area (Å²) in [6.07, 6.45) is 0. The molecule has 0 spiro atoms. The van der Waals surface area contributed by atoms with Gasteiger partial charge in [0.05, 0.1) is 12.2 Å². The number of carbonyl (C=O) groups is 1. The molecule has 6 heteroatoms. The van der Waals surface area contributed by atoms with Gasteiger partial charge >= 0.3 is 5.97 Å². The molecule has 0 bridgehead atoms. The van der Waals surface area contributed by atoms with E-state index in [1.165, 1.54) is 0 Å². The van der Waals surface area contributed by atoms with Gasteiger partial charge in [-0.05, 0) is 41.8 Å². The number of ether oxygens (including phenoxy) is 2. The van der Waals surface area contributed by atoms with Gasteiger partial charge in [0.1, 0.15) is 6.61 Å². The third-order valence-electron chi connectivity index (χ3n) is 4.50. The number of carboxylic acids is 1. The van der Waals surface area contributed by atoms with Crippen LogP contribution in [0.2, 0.25) is 5.02 Å². The van der Waals surface area contributed by atoms with Crippen LogP contribution in [-0.4, -0.2) is 17.7 Å². The first-order valence-electron chi connectivity index (χ1n) is 9.71. The van der Waals surface area contributed by atoms with E-state index >= 15 is 0 Å². The minimum absolute atomic E-state index is 0.272. The molecule has 156 valence electrons. The van der Waals surface area contributed by atoms with Crippen molar-refractivity contribution < 1.29 is 19.4 Å². The predicted molar refractivity (Wildman–Crippen MR) is 117 cm³/mol. The van der Waals surface area contributed by atoms with Crippen molar-refractivity contribution in [1.82, 2.24) is 5.32 Å². The number of hydrogen-bond donors (Lipinski definition) is 2. The summed E-state index contributed by atoms with van der Waals surface area (Å²) in [5.74, 6) is 0.332. The maximum absolute atomic E-state index is 10.9. The van der Waals surface area contributed by atoms with Gasteiger partial charge in [-0.2, -0.15) is 0 Å². The summed E-state index contributed by atoms with van der Waals surface area (Å²) in [6.45, 7) is 4.01. The average Bonchev–Trinajstić information content (AvgIpc) is 2.76. The first-order chi connectivity index (χ1) is 14.6. The van der Waals surface area contributed by atoms with Gasteiger partial charge in [-0.15, -0.1) is 0 Å². The number of halogens is 1. The van der Waals surface area contributed by atoms with Crippen molar-refractivity contribution in [1.29, 1.82) is 0 Å². The fraction of sp³-hybridized carbons (Fsp3) is 0.208. The molecule has 0 fully saturated rings. The molecule has 0 amide bonds. The van der Waals surface area contributed by atoms with Crippen LogP contribution in [0.5, 0.6) is 11.5 Å². The second-order valence-corrected chi connectivity index (χ2v) is 7.11. The van der Waals surface area contributed by atoms with E-state index in [4.69, 9.17) is 26.2 Å². The number of carboxylic acid groups (broad SMARTS) is 1. The summed E-state index contributed by atoms with van der Waals surface area (Å²) >= 11 is 6.48. The van der Waals surface area contributed by atoms with E-state index in [9.17, 15) is 4.79 Å². The quantitative estimate of drug-likeness (QED) is 0.461. The second kappa shape index (κ2) is 10.7. The van der Waals surface area contributed by atoms with Crippen molar-refractivity contribution in [2.45, 2.75) is 26.6 Å². The Kier molecular flexibility index (Phi) is 7.71. The van der Waals surface area contributed by atoms with Crippen molar-refractivity contribution in [2.75, 3.05) is 6.61 Å². The Labute approximate surface area is 181 Å². The monoisotopic (exact) mass is 425 g/mol. The molecule has 0 saturated carbocycles. The van der Waals surface area contributed by atoms with Crippen molar-refractivity contribution in [2.24, 2.45) is 0 Å². The van der Waals surface area contributed by atoms with Crippen LogP contribution in [0.3, 0.4) is 0 Å². The van der Waals surface area contributed by atoms with Crippen LogP contribution in [0.1, 0.15) is 34.0 Å². The Hall–Kier alpha value is -3.02. The van der Waals surface area contributed by atoms with E-state index < -0.39 is 5.97 Å².